The molecule has 11 heteroatoms. The zero-order valence-corrected chi connectivity index (χ0v) is 25.7. The number of carbonyl (C=O) groups excluding carboxylic acids is 2. The van der Waals surface area contributed by atoms with Crippen molar-refractivity contribution in [1.82, 2.24) is 10.2 Å². The molecule has 230 valence electrons. The number of anilines is 1. The normalized spacial score (nSPS) is 14.2. The molecular formula is C32H38FN3O6S. The molecule has 0 aromatic heterocycles. The van der Waals surface area contributed by atoms with Crippen molar-refractivity contribution in [3.8, 4) is 11.5 Å². The summed E-state index contributed by atoms with van der Waals surface area (Å²) >= 11 is 0. The molecule has 1 aliphatic carbocycles. The van der Waals surface area contributed by atoms with Gasteiger partial charge < -0.3 is 19.7 Å². The number of amides is 2. The van der Waals surface area contributed by atoms with Gasteiger partial charge in [-0.25, -0.2) is 12.8 Å². The molecule has 9 nitrogen and oxygen atoms in total. The van der Waals surface area contributed by atoms with Gasteiger partial charge in [-0.05, 0) is 57.0 Å². The number of hydrogen-bond donors (Lipinski definition) is 1. The molecular weight excluding hydrogens is 573 g/mol. The predicted molar refractivity (Wildman–Crippen MR) is 162 cm³/mol. The predicted octanol–water partition coefficient (Wildman–Crippen LogP) is 4.82. The number of ether oxygens (including phenoxy) is 2. The number of rotatable bonds is 12. The van der Waals surface area contributed by atoms with Crippen LogP contribution in [-0.2, 0) is 26.2 Å². The summed E-state index contributed by atoms with van der Waals surface area (Å²) < 4.78 is 54.5. The smallest absolute Gasteiger partial charge is 0.264 e. The molecule has 0 heterocycles. The fourth-order valence-corrected chi connectivity index (χ4v) is 6.54. The Labute approximate surface area is 252 Å². The van der Waals surface area contributed by atoms with Crippen molar-refractivity contribution in [1.29, 1.82) is 0 Å². The van der Waals surface area contributed by atoms with E-state index in [-0.39, 0.29) is 40.4 Å². The maximum atomic E-state index is 14.8. The Bertz CT molecular complexity index is 1540. The van der Waals surface area contributed by atoms with E-state index < -0.39 is 34.3 Å². The van der Waals surface area contributed by atoms with Crippen molar-refractivity contribution < 1.29 is 31.9 Å². The third-order valence-corrected chi connectivity index (χ3v) is 9.50. The van der Waals surface area contributed by atoms with E-state index in [1.54, 1.807) is 31.2 Å². The number of aryl methyl sites for hydroxylation is 1. The van der Waals surface area contributed by atoms with Crippen LogP contribution in [-0.4, -0.2) is 58.0 Å². The molecule has 4 rings (SSSR count). The number of sulfonamides is 1. The molecule has 1 atom stereocenters. The van der Waals surface area contributed by atoms with Crippen LogP contribution in [0.1, 0.15) is 43.7 Å². The van der Waals surface area contributed by atoms with Crippen LogP contribution in [0, 0.1) is 12.7 Å². The average molecular weight is 612 g/mol. The summed E-state index contributed by atoms with van der Waals surface area (Å²) in [4.78, 5) is 28.6. The monoisotopic (exact) mass is 611 g/mol. The van der Waals surface area contributed by atoms with Crippen LogP contribution in [0.4, 0.5) is 10.1 Å². The first kappa shape index (κ1) is 31.8. The van der Waals surface area contributed by atoms with Gasteiger partial charge in [0.1, 0.15) is 18.4 Å². The minimum Gasteiger partial charge on any atom is -0.493 e. The zero-order chi connectivity index (χ0) is 31.1. The first-order valence-electron chi connectivity index (χ1n) is 14.2. The van der Waals surface area contributed by atoms with Crippen LogP contribution < -0.4 is 19.1 Å². The molecule has 2 amide bonds. The van der Waals surface area contributed by atoms with E-state index in [4.69, 9.17) is 9.47 Å². The topological polar surface area (TPSA) is 105 Å². The van der Waals surface area contributed by atoms with Crippen molar-refractivity contribution >= 4 is 27.5 Å². The first-order valence-corrected chi connectivity index (χ1v) is 15.6. The molecule has 0 spiro atoms. The number of nitrogens with zero attached hydrogens (tertiary/aromatic N) is 2. The minimum absolute atomic E-state index is 0.00513. The number of carbonyl (C=O) groups is 2. The molecule has 0 aliphatic heterocycles. The van der Waals surface area contributed by atoms with Crippen molar-refractivity contribution in [3.05, 3.63) is 83.7 Å². The Balaban J connectivity index is 1.74. The van der Waals surface area contributed by atoms with E-state index in [2.05, 4.69) is 5.32 Å². The largest absolute Gasteiger partial charge is 0.493 e. The third-order valence-electron chi connectivity index (χ3n) is 7.71. The highest BCUT2D eigenvalue weighted by Gasteiger charge is 2.34. The molecule has 1 saturated carbocycles. The van der Waals surface area contributed by atoms with Gasteiger partial charge in [-0.2, -0.15) is 0 Å². The van der Waals surface area contributed by atoms with Crippen LogP contribution in [0.5, 0.6) is 11.5 Å². The lowest BCUT2D eigenvalue weighted by atomic mass is 10.1. The highest BCUT2D eigenvalue weighted by Crippen LogP contribution is 2.34. The van der Waals surface area contributed by atoms with Gasteiger partial charge in [0.25, 0.3) is 10.0 Å². The van der Waals surface area contributed by atoms with E-state index >= 15 is 0 Å². The molecule has 0 radical (unpaired) electrons. The summed E-state index contributed by atoms with van der Waals surface area (Å²) in [6.07, 6.45) is 3.71. The Kier molecular flexibility index (Phi) is 10.3. The van der Waals surface area contributed by atoms with Crippen LogP contribution in [0.3, 0.4) is 0 Å². The molecule has 3 aromatic carbocycles. The van der Waals surface area contributed by atoms with Crippen LogP contribution in [0.2, 0.25) is 0 Å². The lowest BCUT2D eigenvalue weighted by Crippen LogP contribution is -2.52. The van der Waals surface area contributed by atoms with Gasteiger partial charge >= 0.3 is 0 Å². The number of methoxy groups -OCH3 is 2. The quantitative estimate of drug-likeness (QED) is 0.315. The highest BCUT2D eigenvalue weighted by molar-refractivity contribution is 7.92. The van der Waals surface area contributed by atoms with Gasteiger partial charge in [0.15, 0.2) is 11.5 Å². The van der Waals surface area contributed by atoms with Gasteiger partial charge in [0.05, 0.1) is 24.8 Å². The van der Waals surface area contributed by atoms with Crippen molar-refractivity contribution in [2.24, 2.45) is 0 Å². The van der Waals surface area contributed by atoms with Gasteiger partial charge in [0, 0.05) is 24.2 Å². The number of nitrogens with one attached hydrogen (secondary N) is 1. The summed E-state index contributed by atoms with van der Waals surface area (Å²) in [5.74, 6) is -0.945. The fourth-order valence-electron chi connectivity index (χ4n) is 5.13. The molecule has 0 bridgehead atoms. The van der Waals surface area contributed by atoms with Crippen LogP contribution in [0.25, 0.3) is 0 Å². The van der Waals surface area contributed by atoms with Crippen molar-refractivity contribution in [2.75, 3.05) is 25.1 Å². The second kappa shape index (κ2) is 13.9. The molecule has 43 heavy (non-hydrogen) atoms. The molecule has 0 saturated heterocycles. The van der Waals surface area contributed by atoms with E-state index in [0.29, 0.717) is 5.75 Å². The standard InChI is InChI=1S/C32H38FN3O6S/c1-22-13-16-27(17-14-22)43(39,40)36(26-15-18-29(41-3)30(19-26)42-4)21-31(37)35(20-24-9-5-8-12-28(24)33)23(2)32(38)34-25-10-6-7-11-25/h5,8-9,12-19,23,25H,6-7,10-11,20-21H2,1-4H3,(H,34,38). The molecule has 1 N–H and O–H groups in total. The summed E-state index contributed by atoms with van der Waals surface area (Å²) in [7, 11) is -1.39. The number of hydrogen-bond acceptors (Lipinski definition) is 6. The Morgan fingerprint density at radius 3 is 2.26 bits per heavy atom. The van der Waals surface area contributed by atoms with Gasteiger partial charge in [-0.15, -0.1) is 0 Å². The summed E-state index contributed by atoms with van der Waals surface area (Å²) in [6, 6.07) is 15.8. The lowest BCUT2D eigenvalue weighted by Gasteiger charge is -2.32. The summed E-state index contributed by atoms with van der Waals surface area (Å²) in [6.45, 7) is 2.53. The maximum absolute atomic E-state index is 14.8. The maximum Gasteiger partial charge on any atom is 0.264 e. The van der Waals surface area contributed by atoms with Gasteiger partial charge in [0.2, 0.25) is 11.8 Å². The van der Waals surface area contributed by atoms with E-state index in [1.165, 1.54) is 61.6 Å². The van der Waals surface area contributed by atoms with Crippen LogP contribution >= 0.6 is 0 Å². The minimum atomic E-state index is -4.27. The Hall–Kier alpha value is -4.12. The zero-order valence-electron chi connectivity index (χ0n) is 24.9. The van der Waals surface area contributed by atoms with Crippen molar-refractivity contribution in [2.45, 2.75) is 63.1 Å². The highest BCUT2D eigenvalue weighted by atomic mass is 32.2. The van der Waals surface area contributed by atoms with Crippen LogP contribution in [0.15, 0.2) is 71.6 Å². The van der Waals surface area contributed by atoms with E-state index in [9.17, 15) is 22.4 Å². The van der Waals surface area contributed by atoms with E-state index in [0.717, 1.165) is 35.6 Å². The van der Waals surface area contributed by atoms with Crippen molar-refractivity contribution in [3.63, 3.8) is 0 Å². The summed E-state index contributed by atoms with van der Waals surface area (Å²) in [5.41, 5.74) is 1.22. The number of benzene rings is 3. The molecule has 1 unspecified atom stereocenters. The summed E-state index contributed by atoms with van der Waals surface area (Å²) in [5, 5.41) is 3.00. The van der Waals surface area contributed by atoms with Gasteiger partial charge in [-0.3, -0.25) is 13.9 Å². The first-order chi connectivity index (χ1) is 20.5. The Morgan fingerprint density at radius 2 is 1.63 bits per heavy atom. The molecule has 1 fully saturated rings. The SMILES string of the molecule is COc1ccc(N(CC(=O)N(Cc2ccccc2F)C(C)C(=O)NC2CCCC2)S(=O)(=O)c2ccc(C)cc2)cc1OC. The molecule has 1 aliphatic rings. The fraction of sp³-hybridized carbons (Fsp3) is 0.375. The number of halogens is 1. The Morgan fingerprint density at radius 1 is 0.977 bits per heavy atom. The second-order valence-electron chi connectivity index (χ2n) is 10.6. The van der Waals surface area contributed by atoms with Gasteiger partial charge in [-0.1, -0.05) is 48.7 Å². The lowest BCUT2D eigenvalue weighted by molar-refractivity contribution is -0.139. The third kappa shape index (κ3) is 7.45. The average Bonchev–Trinajstić information content (AvgIpc) is 3.51. The second-order valence-corrected chi connectivity index (χ2v) is 12.5. The molecule has 3 aromatic rings. The van der Waals surface area contributed by atoms with E-state index in [1.807, 2.05) is 6.92 Å².